The van der Waals surface area contributed by atoms with Crippen LogP contribution in [-0.4, -0.2) is 24.9 Å². The molecule has 0 bridgehead atoms. The van der Waals surface area contributed by atoms with Crippen LogP contribution in [0.2, 0.25) is 0 Å². The molecule has 1 saturated heterocycles. The van der Waals surface area contributed by atoms with Crippen LogP contribution in [0.5, 0.6) is 0 Å². The van der Waals surface area contributed by atoms with Crippen LogP contribution in [0.15, 0.2) is 48.5 Å². The van der Waals surface area contributed by atoms with E-state index >= 15 is 0 Å². The van der Waals surface area contributed by atoms with Crippen molar-refractivity contribution in [3.8, 4) is 0 Å². The summed E-state index contributed by atoms with van der Waals surface area (Å²) in [6.07, 6.45) is -2.72. The van der Waals surface area contributed by atoms with Gasteiger partial charge in [0.2, 0.25) is 11.8 Å². The number of halogens is 3. The minimum absolute atomic E-state index is 0.00768. The second-order valence-corrected chi connectivity index (χ2v) is 7.18. The lowest BCUT2D eigenvalue weighted by Gasteiger charge is -2.31. The second kappa shape index (κ2) is 6.96. The van der Waals surface area contributed by atoms with Gasteiger partial charge in [0.05, 0.1) is 11.5 Å². The molecule has 0 saturated carbocycles. The van der Waals surface area contributed by atoms with Crippen LogP contribution >= 0.6 is 0 Å². The lowest BCUT2D eigenvalue weighted by atomic mass is 9.99. The molecule has 146 valence electrons. The molecule has 2 aliphatic heterocycles. The maximum Gasteiger partial charge on any atom is 0.416 e. The third-order valence-corrected chi connectivity index (χ3v) is 5.34. The van der Waals surface area contributed by atoms with Gasteiger partial charge in [0.15, 0.2) is 0 Å². The number of aryl methyl sites for hydroxylation is 1. The number of rotatable bonds is 2. The summed E-state index contributed by atoms with van der Waals surface area (Å²) in [6.45, 7) is 0.682. The summed E-state index contributed by atoms with van der Waals surface area (Å²) in [5.74, 6) is -1.04. The molecule has 2 heterocycles. The molecule has 0 aliphatic carbocycles. The topological polar surface area (TPSA) is 40.6 Å². The summed E-state index contributed by atoms with van der Waals surface area (Å²) in [5, 5.41) is 0. The van der Waals surface area contributed by atoms with E-state index in [4.69, 9.17) is 0 Å². The summed E-state index contributed by atoms with van der Waals surface area (Å²) in [7, 11) is 0. The predicted octanol–water partition coefficient (Wildman–Crippen LogP) is 4.04. The molecule has 0 N–H and O–H groups in total. The summed E-state index contributed by atoms with van der Waals surface area (Å²) in [6, 6.07) is 12.4. The quantitative estimate of drug-likeness (QED) is 0.779. The van der Waals surface area contributed by atoms with E-state index in [-0.39, 0.29) is 30.5 Å². The Hall–Kier alpha value is -2.83. The Bertz CT molecular complexity index is 926. The summed E-state index contributed by atoms with van der Waals surface area (Å²) in [4.78, 5) is 28.5. The van der Waals surface area contributed by atoms with Gasteiger partial charge in [-0.05, 0) is 42.7 Å². The van der Waals surface area contributed by atoms with Crippen LogP contribution in [0.4, 0.5) is 24.5 Å². The summed E-state index contributed by atoms with van der Waals surface area (Å²) < 4.78 is 38.9. The average Bonchev–Trinajstić information content (AvgIpc) is 3.08. The van der Waals surface area contributed by atoms with Crippen molar-refractivity contribution >= 4 is 23.2 Å². The van der Waals surface area contributed by atoms with E-state index in [1.54, 1.807) is 4.90 Å². The van der Waals surface area contributed by atoms with E-state index < -0.39 is 17.7 Å². The molecule has 1 unspecified atom stereocenters. The molecule has 4 rings (SSSR count). The fraction of sp³-hybridized carbons (Fsp3) is 0.333. The number of fused-ring (bicyclic) bond motifs is 1. The van der Waals surface area contributed by atoms with Crippen LogP contribution < -0.4 is 9.80 Å². The number of carbonyl (C=O) groups excluding carboxylic acids is 2. The number of carbonyl (C=O) groups is 2. The van der Waals surface area contributed by atoms with Crippen molar-refractivity contribution < 1.29 is 22.8 Å². The van der Waals surface area contributed by atoms with E-state index in [9.17, 15) is 22.8 Å². The minimum atomic E-state index is -4.48. The Morgan fingerprint density at radius 3 is 2.64 bits per heavy atom. The Morgan fingerprint density at radius 2 is 1.86 bits per heavy atom. The average molecular weight is 388 g/mol. The van der Waals surface area contributed by atoms with Gasteiger partial charge in [-0.25, -0.2) is 0 Å². The second-order valence-electron chi connectivity index (χ2n) is 7.18. The lowest BCUT2D eigenvalue weighted by molar-refractivity contribution is -0.137. The number of hydrogen-bond acceptors (Lipinski definition) is 2. The lowest BCUT2D eigenvalue weighted by Crippen LogP contribution is -2.40. The van der Waals surface area contributed by atoms with E-state index in [2.05, 4.69) is 0 Å². The third-order valence-electron chi connectivity index (χ3n) is 5.34. The van der Waals surface area contributed by atoms with Crippen LogP contribution in [0.3, 0.4) is 0 Å². The smallest absolute Gasteiger partial charge is 0.312 e. The van der Waals surface area contributed by atoms with Gasteiger partial charge in [0, 0.05) is 30.9 Å². The van der Waals surface area contributed by atoms with Gasteiger partial charge in [-0.2, -0.15) is 13.2 Å². The molecule has 2 aliphatic rings. The fourth-order valence-corrected chi connectivity index (χ4v) is 3.96. The van der Waals surface area contributed by atoms with Crippen LogP contribution in [0.1, 0.15) is 24.0 Å². The van der Waals surface area contributed by atoms with Crippen LogP contribution in [0.25, 0.3) is 0 Å². The molecule has 2 aromatic rings. The standard InChI is InChI=1S/C21H19F3N2O2/c22-21(23,24)16-7-3-8-17(12-16)26-13-15(11-19(26)27)20(28)25-10-4-6-14-5-1-2-9-18(14)25/h1-3,5,7-9,12,15H,4,6,10-11,13H2. The SMILES string of the molecule is O=C1CC(C(=O)N2CCCc3ccccc32)CN1c1cccc(C(F)(F)F)c1. The monoisotopic (exact) mass is 388 g/mol. The van der Waals surface area contributed by atoms with E-state index in [1.807, 2.05) is 24.3 Å². The predicted molar refractivity (Wildman–Crippen MR) is 99.0 cm³/mol. The molecule has 7 heteroatoms. The van der Waals surface area contributed by atoms with E-state index in [1.165, 1.54) is 17.0 Å². The molecular weight excluding hydrogens is 369 g/mol. The van der Waals surface area contributed by atoms with Crippen molar-refractivity contribution in [2.45, 2.75) is 25.4 Å². The van der Waals surface area contributed by atoms with Gasteiger partial charge < -0.3 is 9.80 Å². The van der Waals surface area contributed by atoms with Gasteiger partial charge in [0.1, 0.15) is 0 Å². The van der Waals surface area contributed by atoms with Gasteiger partial charge >= 0.3 is 6.18 Å². The van der Waals surface area contributed by atoms with E-state index in [0.717, 1.165) is 36.2 Å². The highest BCUT2D eigenvalue weighted by atomic mass is 19.4. The molecule has 2 aromatic carbocycles. The molecular formula is C21H19F3N2O2. The molecule has 0 aromatic heterocycles. The zero-order chi connectivity index (χ0) is 19.9. The molecule has 4 nitrogen and oxygen atoms in total. The van der Waals surface area contributed by atoms with Crippen molar-refractivity contribution in [2.75, 3.05) is 22.9 Å². The van der Waals surface area contributed by atoms with Gasteiger partial charge in [-0.1, -0.05) is 24.3 Å². The van der Waals surface area contributed by atoms with Crippen LogP contribution in [0, 0.1) is 5.92 Å². The summed E-state index contributed by atoms with van der Waals surface area (Å²) >= 11 is 0. The fourth-order valence-electron chi connectivity index (χ4n) is 3.96. The van der Waals surface area contributed by atoms with Crippen molar-refractivity contribution in [1.29, 1.82) is 0 Å². The summed E-state index contributed by atoms with van der Waals surface area (Å²) in [5.41, 5.74) is 1.33. The highest BCUT2D eigenvalue weighted by Gasteiger charge is 2.39. The van der Waals surface area contributed by atoms with E-state index in [0.29, 0.717) is 6.54 Å². The third kappa shape index (κ3) is 3.37. The Labute approximate surface area is 160 Å². The maximum atomic E-state index is 13.1. The molecule has 0 radical (unpaired) electrons. The number of para-hydroxylation sites is 1. The zero-order valence-corrected chi connectivity index (χ0v) is 15.1. The first-order valence-electron chi connectivity index (χ1n) is 9.21. The Balaban J connectivity index is 1.55. The number of nitrogens with zero attached hydrogens (tertiary/aromatic N) is 2. The molecule has 1 atom stereocenters. The first-order valence-corrected chi connectivity index (χ1v) is 9.21. The largest absolute Gasteiger partial charge is 0.416 e. The van der Waals surface area contributed by atoms with Crippen molar-refractivity contribution in [3.63, 3.8) is 0 Å². The van der Waals surface area contributed by atoms with Crippen molar-refractivity contribution in [1.82, 2.24) is 0 Å². The number of alkyl halides is 3. The number of benzene rings is 2. The number of amides is 2. The van der Waals surface area contributed by atoms with Crippen molar-refractivity contribution in [2.24, 2.45) is 5.92 Å². The molecule has 28 heavy (non-hydrogen) atoms. The van der Waals surface area contributed by atoms with Crippen molar-refractivity contribution in [3.05, 3.63) is 59.7 Å². The van der Waals surface area contributed by atoms with Gasteiger partial charge in [-0.3, -0.25) is 9.59 Å². The van der Waals surface area contributed by atoms with Crippen LogP contribution in [-0.2, 0) is 22.2 Å². The van der Waals surface area contributed by atoms with Gasteiger partial charge in [0.25, 0.3) is 0 Å². The first-order chi connectivity index (χ1) is 13.3. The first kappa shape index (κ1) is 18.5. The highest BCUT2D eigenvalue weighted by Crippen LogP contribution is 2.35. The zero-order valence-electron chi connectivity index (χ0n) is 15.1. The number of anilines is 2. The molecule has 0 spiro atoms. The Morgan fingerprint density at radius 1 is 1.07 bits per heavy atom. The molecule has 2 amide bonds. The van der Waals surface area contributed by atoms with Gasteiger partial charge in [-0.15, -0.1) is 0 Å². The molecule has 1 fully saturated rings. The number of hydrogen-bond donors (Lipinski definition) is 0. The highest BCUT2D eigenvalue weighted by molar-refractivity contribution is 6.04. The minimum Gasteiger partial charge on any atom is -0.312 e. The Kier molecular flexibility index (Phi) is 4.61. The maximum absolute atomic E-state index is 13.1. The normalized spacial score (nSPS) is 19.7.